The van der Waals surface area contributed by atoms with E-state index in [9.17, 15) is 14.4 Å². The number of carbonyl (C=O) groups is 2. The lowest BCUT2D eigenvalue weighted by molar-refractivity contribution is 0.0467. The number of hydrogen-bond acceptors (Lipinski definition) is 7. The number of para-hydroxylation sites is 1. The zero-order chi connectivity index (χ0) is 21.8. The van der Waals surface area contributed by atoms with Crippen molar-refractivity contribution in [2.45, 2.75) is 6.61 Å². The molecule has 9 heteroatoms. The Bertz CT molecular complexity index is 1310. The molecule has 0 aliphatic rings. The van der Waals surface area contributed by atoms with Crippen molar-refractivity contribution in [2.75, 3.05) is 12.4 Å². The van der Waals surface area contributed by atoms with Gasteiger partial charge in [0.05, 0.1) is 23.9 Å². The van der Waals surface area contributed by atoms with E-state index in [0.717, 1.165) is 0 Å². The van der Waals surface area contributed by atoms with Crippen LogP contribution in [-0.4, -0.2) is 28.4 Å². The normalized spacial score (nSPS) is 10.6. The minimum atomic E-state index is -0.559. The number of rotatable bonds is 6. The first-order chi connectivity index (χ1) is 15.0. The molecule has 0 bridgehead atoms. The highest BCUT2D eigenvalue weighted by atomic mass is 32.1. The second kappa shape index (κ2) is 8.80. The molecule has 0 aliphatic carbocycles. The van der Waals surface area contributed by atoms with Crippen LogP contribution in [0.3, 0.4) is 0 Å². The summed E-state index contributed by atoms with van der Waals surface area (Å²) in [5, 5.41) is 4.52. The van der Waals surface area contributed by atoms with Crippen LogP contribution in [0.5, 0.6) is 5.75 Å². The van der Waals surface area contributed by atoms with Gasteiger partial charge in [0.15, 0.2) is 4.96 Å². The Balaban J connectivity index is 1.39. The van der Waals surface area contributed by atoms with Gasteiger partial charge in [-0.1, -0.05) is 12.1 Å². The molecular formula is C22H17N3O5S. The van der Waals surface area contributed by atoms with Gasteiger partial charge >= 0.3 is 5.97 Å². The third kappa shape index (κ3) is 4.46. The van der Waals surface area contributed by atoms with Crippen LogP contribution in [0.15, 0.2) is 71.0 Å². The van der Waals surface area contributed by atoms with Gasteiger partial charge < -0.3 is 14.8 Å². The molecule has 1 N–H and O–H groups in total. The first-order valence-corrected chi connectivity index (χ1v) is 10.1. The average Bonchev–Trinajstić information content (AvgIpc) is 3.27. The van der Waals surface area contributed by atoms with Gasteiger partial charge in [-0.2, -0.15) is 0 Å². The van der Waals surface area contributed by atoms with Gasteiger partial charge in [-0.15, -0.1) is 11.3 Å². The van der Waals surface area contributed by atoms with Gasteiger partial charge in [-0.05, 0) is 36.4 Å². The molecule has 0 fully saturated rings. The van der Waals surface area contributed by atoms with E-state index in [-0.39, 0.29) is 18.1 Å². The van der Waals surface area contributed by atoms with Gasteiger partial charge in [-0.25, -0.2) is 9.78 Å². The molecule has 0 saturated carbocycles. The van der Waals surface area contributed by atoms with Crippen molar-refractivity contribution in [3.63, 3.8) is 0 Å². The van der Waals surface area contributed by atoms with Gasteiger partial charge in [0, 0.05) is 23.3 Å². The second-order valence-electron chi connectivity index (χ2n) is 6.45. The fourth-order valence-corrected chi connectivity index (χ4v) is 3.64. The maximum atomic E-state index is 12.5. The standard InChI is InChI=1S/C22H17N3O5S/c1-29-18-5-3-2-4-17(18)20(27)23-15-8-6-14(7-9-15)21(28)30-13-16-12-19(26)25-10-11-31-22(25)24-16/h2-12H,13H2,1H3,(H,23,27). The Morgan fingerprint density at radius 3 is 2.68 bits per heavy atom. The fraction of sp³-hybridized carbons (Fsp3) is 0.0909. The van der Waals surface area contributed by atoms with E-state index in [1.54, 1.807) is 60.1 Å². The highest BCUT2D eigenvalue weighted by Gasteiger charge is 2.13. The van der Waals surface area contributed by atoms with Crippen LogP contribution >= 0.6 is 11.3 Å². The molecule has 0 saturated heterocycles. The van der Waals surface area contributed by atoms with Crippen LogP contribution in [0.25, 0.3) is 4.96 Å². The Kier molecular flexibility index (Phi) is 5.76. The minimum Gasteiger partial charge on any atom is -0.496 e. The van der Waals surface area contributed by atoms with E-state index >= 15 is 0 Å². The minimum absolute atomic E-state index is 0.116. The predicted octanol–water partition coefficient (Wildman–Crippen LogP) is 3.37. The molecule has 31 heavy (non-hydrogen) atoms. The number of nitrogens with one attached hydrogen (secondary N) is 1. The summed E-state index contributed by atoms with van der Waals surface area (Å²) in [6.45, 7) is -0.116. The predicted molar refractivity (Wildman–Crippen MR) is 116 cm³/mol. The number of benzene rings is 2. The maximum absolute atomic E-state index is 12.5. The van der Waals surface area contributed by atoms with Gasteiger partial charge in [0.2, 0.25) is 0 Å². The van der Waals surface area contributed by atoms with Crippen LogP contribution in [0, 0.1) is 0 Å². The molecule has 2 heterocycles. The number of aromatic nitrogens is 2. The molecule has 0 unspecified atom stereocenters. The molecule has 8 nitrogen and oxygen atoms in total. The topological polar surface area (TPSA) is 99.0 Å². The van der Waals surface area contributed by atoms with E-state index in [0.29, 0.717) is 33.2 Å². The van der Waals surface area contributed by atoms with Crippen molar-refractivity contribution in [3.05, 3.63) is 93.3 Å². The lowest BCUT2D eigenvalue weighted by Gasteiger charge is -2.09. The molecule has 0 aliphatic heterocycles. The monoisotopic (exact) mass is 435 g/mol. The van der Waals surface area contributed by atoms with Crippen molar-refractivity contribution in [1.82, 2.24) is 9.38 Å². The molecule has 0 radical (unpaired) electrons. The molecule has 4 aromatic rings. The van der Waals surface area contributed by atoms with Gasteiger partial charge in [0.25, 0.3) is 11.5 Å². The number of thiazole rings is 1. The average molecular weight is 435 g/mol. The highest BCUT2D eigenvalue weighted by Crippen LogP contribution is 2.19. The summed E-state index contributed by atoms with van der Waals surface area (Å²) >= 11 is 1.32. The maximum Gasteiger partial charge on any atom is 0.338 e. The number of amides is 1. The van der Waals surface area contributed by atoms with Crippen LogP contribution in [0.1, 0.15) is 26.4 Å². The van der Waals surface area contributed by atoms with Crippen molar-refractivity contribution in [3.8, 4) is 5.75 Å². The number of ether oxygens (including phenoxy) is 2. The summed E-state index contributed by atoms with van der Waals surface area (Å²) in [6, 6.07) is 14.5. The van der Waals surface area contributed by atoms with Crippen LogP contribution in [-0.2, 0) is 11.3 Å². The van der Waals surface area contributed by atoms with Crippen LogP contribution in [0.4, 0.5) is 5.69 Å². The Hall–Kier alpha value is -3.98. The summed E-state index contributed by atoms with van der Waals surface area (Å²) < 4.78 is 11.9. The molecule has 0 spiro atoms. The van der Waals surface area contributed by atoms with E-state index in [1.807, 2.05) is 0 Å². The van der Waals surface area contributed by atoms with Gasteiger partial charge in [0.1, 0.15) is 12.4 Å². The molecule has 156 valence electrons. The second-order valence-corrected chi connectivity index (χ2v) is 7.32. The van der Waals surface area contributed by atoms with E-state index in [2.05, 4.69) is 10.3 Å². The zero-order valence-electron chi connectivity index (χ0n) is 16.4. The SMILES string of the molecule is COc1ccccc1C(=O)Nc1ccc(C(=O)OCc2cc(=O)n3ccsc3n2)cc1. The van der Waals surface area contributed by atoms with Crippen molar-refractivity contribution >= 4 is 33.9 Å². The smallest absolute Gasteiger partial charge is 0.338 e. The Labute approximate surface area is 180 Å². The van der Waals surface area contributed by atoms with Gasteiger partial charge in [-0.3, -0.25) is 14.0 Å². The van der Waals surface area contributed by atoms with E-state index in [1.165, 1.54) is 28.9 Å². The molecular weight excluding hydrogens is 418 g/mol. The van der Waals surface area contributed by atoms with Crippen molar-refractivity contribution in [1.29, 1.82) is 0 Å². The molecule has 0 atom stereocenters. The summed E-state index contributed by atoms with van der Waals surface area (Å²) in [4.78, 5) is 41.6. The first-order valence-electron chi connectivity index (χ1n) is 9.22. The Morgan fingerprint density at radius 1 is 1.13 bits per heavy atom. The fourth-order valence-electron chi connectivity index (χ4n) is 2.90. The summed E-state index contributed by atoms with van der Waals surface area (Å²) in [5.41, 5.74) is 1.38. The largest absolute Gasteiger partial charge is 0.496 e. The summed E-state index contributed by atoms with van der Waals surface area (Å²) in [5.74, 6) is -0.418. The number of anilines is 1. The number of esters is 1. The quantitative estimate of drug-likeness (QED) is 0.466. The van der Waals surface area contributed by atoms with Crippen LogP contribution in [0.2, 0.25) is 0 Å². The number of fused-ring (bicyclic) bond motifs is 1. The van der Waals surface area contributed by atoms with Crippen molar-refractivity contribution < 1.29 is 19.1 Å². The van der Waals surface area contributed by atoms with Crippen molar-refractivity contribution in [2.24, 2.45) is 0 Å². The third-order valence-electron chi connectivity index (χ3n) is 4.44. The number of hydrogen-bond donors (Lipinski definition) is 1. The van der Waals surface area contributed by atoms with Crippen LogP contribution < -0.4 is 15.6 Å². The summed E-state index contributed by atoms with van der Waals surface area (Å²) in [6.07, 6.45) is 1.64. The highest BCUT2D eigenvalue weighted by molar-refractivity contribution is 7.15. The molecule has 2 aromatic carbocycles. The van der Waals surface area contributed by atoms with E-state index < -0.39 is 5.97 Å². The Morgan fingerprint density at radius 2 is 1.90 bits per heavy atom. The third-order valence-corrected chi connectivity index (χ3v) is 5.19. The number of methoxy groups -OCH3 is 1. The zero-order valence-corrected chi connectivity index (χ0v) is 17.2. The number of carbonyl (C=O) groups excluding carboxylic acids is 2. The lowest BCUT2D eigenvalue weighted by Crippen LogP contribution is -2.15. The molecule has 1 amide bonds. The molecule has 4 rings (SSSR count). The molecule has 2 aromatic heterocycles. The number of nitrogens with zero attached hydrogens (tertiary/aromatic N) is 2. The summed E-state index contributed by atoms with van der Waals surface area (Å²) in [7, 11) is 1.50. The van der Waals surface area contributed by atoms with E-state index in [4.69, 9.17) is 9.47 Å². The lowest BCUT2D eigenvalue weighted by atomic mass is 10.1. The first kappa shape index (κ1) is 20.3.